The van der Waals surface area contributed by atoms with Crippen LogP contribution in [0.1, 0.15) is 12.8 Å². The average molecular weight is 223 g/mol. The van der Waals surface area contributed by atoms with E-state index in [2.05, 4.69) is 0 Å². The first-order chi connectivity index (χ1) is 6.75. The summed E-state index contributed by atoms with van der Waals surface area (Å²) in [5.74, 6) is -5.27. The molecule has 0 amide bonds. The topological polar surface area (TPSA) is 167 Å². The minimum atomic E-state index is -3.68. The molecule has 0 aliphatic heterocycles. The van der Waals surface area contributed by atoms with Gasteiger partial charge in [0, 0.05) is 0 Å². The van der Waals surface area contributed by atoms with E-state index >= 15 is 0 Å². The third-order valence-corrected chi connectivity index (χ3v) is 1.55. The van der Waals surface area contributed by atoms with Crippen molar-refractivity contribution < 1.29 is 24.7 Å². The molecule has 0 aliphatic carbocycles. The van der Waals surface area contributed by atoms with Crippen molar-refractivity contribution in [3.05, 3.63) is 30.3 Å². The van der Waals surface area contributed by atoms with E-state index in [0.717, 1.165) is 0 Å². The van der Waals surface area contributed by atoms with Crippen molar-refractivity contribution in [1.82, 2.24) is 0 Å². The van der Waals surface area contributed by atoms with Crippen molar-refractivity contribution >= 4 is 5.97 Å². The molecule has 0 unspecified atom stereocenters. The zero-order chi connectivity index (χ0) is 12.2. The monoisotopic (exact) mass is 223 g/mol. The molecule has 0 atom stereocenters. The molecule has 0 spiro atoms. The molecule has 0 aromatic rings. The fraction of sp³-hybridized carbons (Fsp3) is 0.750. The molecule has 84 valence electrons. The Morgan fingerprint density at radius 3 is 1.60 bits per heavy atom. The Morgan fingerprint density at radius 2 is 1.40 bits per heavy atom. The minimum Gasteiger partial charge on any atom is -0.481 e. The van der Waals surface area contributed by atoms with Crippen LogP contribution in [0.15, 0.2) is 0 Å². The lowest BCUT2D eigenvalue weighted by Crippen LogP contribution is -2.53. The van der Waals surface area contributed by atoms with Crippen LogP contribution in [-0.2, 0) is 4.79 Å². The van der Waals surface area contributed by atoms with E-state index in [1.807, 2.05) is 0 Å². The lowest BCUT2D eigenvalue weighted by atomic mass is 10.2. The number of nitro groups is 3. The Labute approximate surface area is 80.7 Å². The number of carbonyl (C=O) groups is 1. The number of nitrogens with zero attached hydrogens (tertiary/aromatic N) is 3. The largest absolute Gasteiger partial charge is 0.700 e. The fourth-order valence-electron chi connectivity index (χ4n) is 0.748. The van der Waals surface area contributed by atoms with E-state index in [1.54, 1.807) is 0 Å². The van der Waals surface area contributed by atoms with Gasteiger partial charge in [-0.2, -0.15) is 0 Å². The Balaban J connectivity index is 5.15. The van der Waals surface area contributed by atoms with E-state index in [1.165, 1.54) is 0 Å². The van der Waals surface area contributed by atoms with Crippen molar-refractivity contribution in [3.63, 3.8) is 0 Å². The van der Waals surface area contributed by atoms with Crippen LogP contribution in [0.3, 0.4) is 0 Å². The fourth-order valence-corrected chi connectivity index (χ4v) is 0.748. The molecule has 1 N–H and O–H groups in total. The summed E-state index contributed by atoms with van der Waals surface area (Å²) in [7, 11) is 0. The second kappa shape index (κ2) is 4.26. The van der Waals surface area contributed by atoms with E-state index < -0.39 is 39.4 Å². The molecule has 0 rings (SSSR count). The van der Waals surface area contributed by atoms with Crippen LogP contribution in [0.2, 0.25) is 0 Å². The van der Waals surface area contributed by atoms with Crippen molar-refractivity contribution in [2.24, 2.45) is 0 Å². The molecule has 0 aliphatic rings. The van der Waals surface area contributed by atoms with Gasteiger partial charge in [-0.3, -0.25) is 35.1 Å². The van der Waals surface area contributed by atoms with Gasteiger partial charge in [-0.15, -0.1) is 0 Å². The van der Waals surface area contributed by atoms with E-state index in [0.29, 0.717) is 0 Å². The maximum Gasteiger partial charge on any atom is 0.700 e. The van der Waals surface area contributed by atoms with Crippen molar-refractivity contribution in [3.8, 4) is 0 Å². The van der Waals surface area contributed by atoms with Crippen molar-refractivity contribution in [2.75, 3.05) is 0 Å². The number of aliphatic carboxylic acids is 1. The first-order valence-electron chi connectivity index (χ1n) is 3.40. The maximum atomic E-state index is 10.2. The van der Waals surface area contributed by atoms with Gasteiger partial charge in [-0.25, -0.2) is 0 Å². The smallest absolute Gasteiger partial charge is 0.481 e. The summed E-state index contributed by atoms with van der Waals surface area (Å²) < 4.78 is 0. The van der Waals surface area contributed by atoms with Gasteiger partial charge in [0.05, 0.1) is 6.42 Å². The zero-order valence-electron chi connectivity index (χ0n) is 7.06. The van der Waals surface area contributed by atoms with Crippen LogP contribution in [0.5, 0.6) is 0 Å². The summed E-state index contributed by atoms with van der Waals surface area (Å²) in [6.07, 6.45) is -2.35. The maximum absolute atomic E-state index is 10.2. The molecule has 11 heteroatoms. The van der Waals surface area contributed by atoms with E-state index in [-0.39, 0.29) is 0 Å². The van der Waals surface area contributed by atoms with Gasteiger partial charge < -0.3 is 5.11 Å². The minimum absolute atomic E-state index is 1.04. The highest BCUT2D eigenvalue weighted by molar-refractivity contribution is 5.66. The molecule has 0 saturated carbocycles. The number of hydrogen-bond acceptors (Lipinski definition) is 7. The Morgan fingerprint density at radius 1 is 1.07 bits per heavy atom. The van der Waals surface area contributed by atoms with Gasteiger partial charge in [-0.05, 0) is 0 Å². The van der Waals surface area contributed by atoms with Crippen molar-refractivity contribution in [2.45, 2.75) is 18.6 Å². The number of carboxylic acids is 1. The van der Waals surface area contributed by atoms with E-state index in [4.69, 9.17) is 5.11 Å². The summed E-state index contributed by atoms with van der Waals surface area (Å²) in [5, 5.41) is 38.9. The zero-order valence-corrected chi connectivity index (χ0v) is 7.06. The standard InChI is InChI=1S/C4H5N3O8/c8-3(9)1-2-4(5(10)11,6(12)13)7(14)15/h1-2H2,(H,8,9). The van der Waals surface area contributed by atoms with Gasteiger partial charge in [-0.1, -0.05) is 0 Å². The predicted molar refractivity (Wildman–Crippen MR) is 40.6 cm³/mol. The van der Waals surface area contributed by atoms with Crippen LogP contribution >= 0.6 is 0 Å². The molecule has 15 heavy (non-hydrogen) atoms. The highest BCUT2D eigenvalue weighted by Gasteiger charge is 2.69. The molecular formula is C4H5N3O8. The lowest BCUT2D eigenvalue weighted by molar-refractivity contribution is -0.970. The van der Waals surface area contributed by atoms with Gasteiger partial charge in [0.15, 0.2) is 21.2 Å². The number of carboxylic acid groups (broad SMARTS) is 1. The average Bonchev–Trinajstić information content (AvgIpc) is 2.02. The Kier molecular flexibility index (Phi) is 3.59. The SMILES string of the molecule is O=C(O)CCC([N+](=O)[O-])([N+](=O)[O-])[N+](=O)[O-]. The van der Waals surface area contributed by atoms with Crippen LogP contribution in [0.25, 0.3) is 0 Å². The quantitative estimate of drug-likeness (QED) is 0.351. The molecular weight excluding hydrogens is 218 g/mol. The van der Waals surface area contributed by atoms with Gasteiger partial charge in [0.1, 0.15) is 0 Å². The van der Waals surface area contributed by atoms with Gasteiger partial charge >= 0.3 is 11.8 Å². The second-order valence-electron chi connectivity index (χ2n) is 2.44. The Bertz CT molecular complexity index is 288. The van der Waals surface area contributed by atoms with E-state index in [9.17, 15) is 35.1 Å². The third kappa shape index (κ3) is 2.32. The van der Waals surface area contributed by atoms with Gasteiger partial charge in [0.2, 0.25) is 0 Å². The highest BCUT2D eigenvalue weighted by atomic mass is 16.7. The van der Waals surface area contributed by atoms with Crippen LogP contribution in [-0.4, -0.2) is 31.6 Å². The number of hydrogen-bond donors (Lipinski definition) is 1. The molecule has 0 saturated heterocycles. The Hall–Kier alpha value is -2.33. The molecule has 0 bridgehead atoms. The van der Waals surface area contributed by atoms with Crippen LogP contribution < -0.4 is 0 Å². The van der Waals surface area contributed by atoms with Gasteiger partial charge in [0.25, 0.3) is 0 Å². The summed E-state index contributed by atoms with van der Waals surface area (Å²) >= 11 is 0. The summed E-state index contributed by atoms with van der Waals surface area (Å²) in [4.78, 5) is 35.6. The molecule has 0 fully saturated rings. The summed E-state index contributed by atoms with van der Waals surface area (Å²) in [5.41, 5.74) is 0. The molecule has 0 radical (unpaired) electrons. The van der Waals surface area contributed by atoms with Crippen LogP contribution in [0, 0.1) is 30.3 Å². The molecule has 11 nitrogen and oxygen atoms in total. The molecule has 0 aromatic heterocycles. The lowest BCUT2D eigenvalue weighted by Gasteiger charge is -2.06. The molecule has 0 aromatic carbocycles. The summed E-state index contributed by atoms with van der Waals surface area (Å²) in [6, 6.07) is 0. The first-order valence-corrected chi connectivity index (χ1v) is 3.40. The second-order valence-corrected chi connectivity index (χ2v) is 2.44. The summed E-state index contributed by atoms with van der Waals surface area (Å²) in [6.45, 7) is 0. The number of rotatable bonds is 6. The highest BCUT2D eigenvalue weighted by Crippen LogP contribution is 2.19. The van der Waals surface area contributed by atoms with Crippen molar-refractivity contribution in [1.29, 1.82) is 0 Å². The third-order valence-electron chi connectivity index (χ3n) is 1.55. The predicted octanol–water partition coefficient (Wildman–Crippen LogP) is -0.665. The van der Waals surface area contributed by atoms with Crippen LogP contribution in [0.4, 0.5) is 0 Å². The normalized spacial score (nSPS) is 10.7. The molecule has 0 heterocycles. The first kappa shape index (κ1) is 12.7.